The van der Waals surface area contributed by atoms with Gasteiger partial charge in [-0.1, -0.05) is 17.7 Å². The van der Waals surface area contributed by atoms with E-state index in [2.05, 4.69) is 0 Å². The molecule has 4 bridgehead atoms. The Bertz CT molecular complexity index is 632. The second-order valence-corrected chi connectivity index (χ2v) is 10.4. The summed E-state index contributed by atoms with van der Waals surface area (Å²) in [6.07, 6.45) is 12.6. The molecular weight excluding hydrogens is 334 g/mol. The van der Waals surface area contributed by atoms with Crippen LogP contribution in [0.25, 0.3) is 0 Å². The number of hydrogen-bond acceptors (Lipinski definition) is 3. The Hall–Kier alpha value is -0.680. The molecule has 4 saturated carbocycles. The van der Waals surface area contributed by atoms with Gasteiger partial charge in [-0.15, -0.1) is 0 Å². The third-order valence-electron chi connectivity index (χ3n) is 6.05. The van der Waals surface area contributed by atoms with E-state index in [1.807, 2.05) is 0 Å². The van der Waals surface area contributed by atoms with Gasteiger partial charge >= 0.3 is 0 Å². The molecule has 0 radical (unpaired) electrons. The average molecular weight is 358 g/mol. The van der Waals surface area contributed by atoms with E-state index in [0.717, 1.165) is 17.8 Å². The second-order valence-electron chi connectivity index (χ2n) is 8.06. The number of ether oxygens (including phenoxy) is 1. The first kappa shape index (κ1) is 15.8. The van der Waals surface area contributed by atoms with Crippen molar-refractivity contribution >= 4 is 21.6 Å². The van der Waals surface area contributed by atoms with E-state index in [-0.39, 0.29) is 5.41 Å². The Morgan fingerprint density at radius 1 is 1.22 bits per heavy atom. The minimum atomic E-state index is -3.37. The van der Waals surface area contributed by atoms with Crippen LogP contribution in [0.3, 0.4) is 0 Å². The fourth-order valence-corrected chi connectivity index (χ4v) is 6.75. The highest BCUT2D eigenvalue weighted by molar-refractivity contribution is 7.88. The molecule has 0 aromatic heterocycles. The van der Waals surface area contributed by atoms with E-state index in [4.69, 9.17) is 16.3 Å². The number of sulfonamides is 1. The standard InChI is InChI=1S/C17H24ClNO3S/c1-23(20,21)19-4-2-3-15(18)16(19)22-11-17-8-12-5-13(9-17)7-14(6-12)10-17/h2-3,12-14H,4-11H2,1H3. The van der Waals surface area contributed by atoms with E-state index in [9.17, 15) is 8.42 Å². The van der Waals surface area contributed by atoms with E-state index in [1.54, 1.807) is 12.2 Å². The molecule has 4 fully saturated rings. The summed E-state index contributed by atoms with van der Waals surface area (Å²) in [5.41, 5.74) is 0.239. The number of nitrogens with zero attached hydrogens (tertiary/aromatic N) is 1. The van der Waals surface area contributed by atoms with Gasteiger partial charge in [0.1, 0.15) is 5.03 Å². The van der Waals surface area contributed by atoms with Crippen molar-refractivity contribution in [1.82, 2.24) is 4.31 Å². The second kappa shape index (κ2) is 5.41. The summed E-state index contributed by atoms with van der Waals surface area (Å²) in [7, 11) is -3.37. The molecule has 128 valence electrons. The van der Waals surface area contributed by atoms with Crippen LogP contribution in [-0.2, 0) is 14.8 Å². The molecule has 0 N–H and O–H groups in total. The zero-order chi connectivity index (χ0) is 16.2. The Balaban J connectivity index is 1.53. The van der Waals surface area contributed by atoms with Gasteiger partial charge in [-0.25, -0.2) is 12.7 Å². The molecule has 1 aliphatic heterocycles. The Kier molecular flexibility index (Phi) is 3.73. The molecule has 5 rings (SSSR count). The highest BCUT2D eigenvalue weighted by atomic mass is 35.5. The van der Waals surface area contributed by atoms with Crippen LogP contribution in [0.4, 0.5) is 0 Å². The molecule has 4 nitrogen and oxygen atoms in total. The lowest BCUT2D eigenvalue weighted by atomic mass is 9.50. The lowest BCUT2D eigenvalue weighted by Crippen LogP contribution is -2.48. The van der Waals surface area contributed by atoms with Gasteiger partial charge in [0.05, 0.1) is 19.4 Å². The maximum absolute atomic E-state index is 12.0. The highest BCUT2D eigenvalue weighted by Gasteiger charge is 2.51. The van der Waals surface area contributed by atoms with Gasteiger partial charge in [0.15, 0.2) is 0 Å². The zero-order valence-corrected chi connectivity index (χ0v) is 15.1. The van der Waals surface area contributed by atoms with Crippen LogP contribution in [0.5, 0.6) is 0 Å². The third kappa shape index (κ3) is 2.91. The van der Waals surface area contributed by atoms with Crippen molar-refractivity contribution in [2.45, 2.75) is 38.5 Å². The zero-order valence-electron chi connectivity index (χ0n) is 13.5. The first-order valence-electron chi connectivity index (χ1n) is 8.51. The summed E-state index contributed by atoms with van der Waals surface area (Å²) in [4.78, 5) is 0. The molecule has 0 saturated heterocycles. The summed E-state index contributed by atoms with van der Waals surface area (Å²) < 4.78 is 31.3. The molecule has 1 heterocycles. The van der Waals surface area contributed by atoms with E-state index < -0.39 is 10.0 Å². The first-order valence-corrected chi connectivity index (χ1v) is 10.7. The summed E-state index contributed by atoms with van der Waals surface area (Å²) in [5.74, 6) is 2.87. The molecule has 4 aliphatic carbocycles. The van der Waals surface area contributed by atoms with Crippen LogP contribution >= 0.6 is 11.6 Å². The van der Waals surface area contributed by atoms with Crippen LogP contribution in [-0.4, -0.2) is 32.1 Å². The first-order chi connectivity index (χ1) is 10.8. The molecule has 0 unspecified atom stereocenters. The van der Waals surface area contributed by atoms with Gasteiger partial charge in [0.2, 0.25) is 15.9 Å². The lowest BCUT2D eigenvalue weighted by Gasteiger charge is -2.56. The third-order valence-corrected chi connectivity index (χ3v) is 7.45. The monoisotopic (exact) mass is 357 g/mol. The summed E-state index contributed by atoms with van der Waals surface area (Å²) >= 11 is 6.23. The Labute approximate surface area is 143 Å². The summed E-state index contributed by atoms with van der Waals surface area (Å²) in [5, 5.41) is 0.381. The molecule has 0 aromatic carbocycles. The van der Waals surface area contributed by atoms with Crippen LogP contribution in [0.2, 0.25) is 0 Å². The van der Waals surface area contributed by atoms with Gasteiger partial charge in [0.25, 0.3) is 0 Å². The van der Waals surface area contributed by atoms with E-state index in [0.29, 0.717) is 24.1 Å². The smallest absolute Gasteiger partial charge is 0.234 e. The topological polar surface area (TPSA) is 46.6 Å². The minimum Gasteiger partial charge on any atom is -0.477 e. The molecule has 0 amide bonds. The number of rotatable bonds is 4. The van der Waals surface area contributed by atoms with Crippen molar-refractivity contribution < 1.29 is 13.2 Å². The summed E-state index contributed by atoms with van der Waals surface area (Å²) in [6.45, 7) is 0.896. The SMILES string of the molecule is CS(=O)(=O)N1CC=CC(Cl)=C1OCC12CC3CC(CC(C3)C1)C2. The van der Waals surface area contributed by atoms with E-state index in [1.165, 1.54) is 49.1 Å². The molecular formula is C17H24ClNO3S. The minimum absolute atomic E-state index is 0.239. The molecule has 5 aliphatic rings. The number of allylic oxidation sites excluding steroid dienone is 2. The van der Waals surface area contributed by atoms with Gasteiger partial charge in [-0.3, -0.25) is 0 Å². The molecule has 0 spiro atoms. The molecule has 6 heteroatoms. The lowest BCUT2D eigenvalue weighted by molar-refractivity contribution is -0.0901. The summed E-state index contributed by atoms with van der Waals surface area (Å²) in [6, 6.07) is 0. The van der Waals surface area contributed by atoms with Crippen LogP contribution < -0.4 is 0 Å². The van der Waals surface area contributed by atoms with Crippen LogP contribution in [0, 0.1) is 23.2 Å². The van der Waals surface area contributed by atoms with E-state index >= 15 is 0 Å². The van der Waals surface area contributed by atoms with Crippen molar-refractivity contribution in [2.75, 3.05) is 19.4 Å². The van der Waals surface area contributed by atoms with Crippen LogP contribution in [0.15, 0.2) is 23.1 Å². The fraction of sp³-hybridized carbons (Fsp3) is 0.765. The highest BCUT2D eigenvalue weighted by Crippen LogP contribution is 2.60. The Morgan fingerprint density at radius 3 is 2.30 bits per heavy atom. The maximum atomic E-state index is 12.0. The average Bonchev–Trinajstić information content (AvgIpc) is 2.43. The maximum Gasteiger partial charge on any atom is 0.234 e. The largest absolute Gasteiger partial charge is 0.477 e. The van der Waals surface area contributed by atoms with Crippen LogP contribution in [0.1, 0.15) is 38.5 Å². The van der Waals surface area contributed by atoms with Gasteiger partial charge < -0.3 is 4.74 Å². The number of halogens is 1. The Morgan fingerprint density at radius 2 is 1.78 bits per heavy atom. The normalized spacial score (nSPS) is 39.2. The molecule has 0 aromatic rings. The van der Waals surface area contributed by atoms with Crippen molar-refractivity contribution in [3.8, 4) is 0 Å². The van der Waals surface area contributed by atoms with Crippen molar-refractivity contribution in [3.05, 3.63) is 23.1 Å². The van der Waals surface area contributed by atoms with Gasteiger partial charge in [-0.2, -0.15) is 0 Å². The number of hydrogen-bond donors (Lipinski definition) is 0. The van der Waals surface area contributed by atoms with Crippen molar-refractivity contribution in [1.29, 1.82) is 0 Å². The van der Waals surface area contributed by atoms with Gasteiger partial charge in [0, 0.05) is 5.41 Å². The fourth-order valence-electron chi connectivity index (χ4n) is 5.64. The van der Waals surface area contributed by atoms with Gasteiger partial charge in [-0.05, 0) is 62.4 Å². The predicted molar refractivity (Wildman–Crippen MR) is 90.1 cm³/mol. The molecule has 23 heavy (non-hydrogen) atoms. The molecule has 0 atom stereocenters. The van der Waals surface area contributed by atoms with Crippen molar-refractivity contribution in [3.63, 3.8) is 0 Å². The van der Waals surface area contributed by atoms with Crippen molar-refractivity contribution in [2.24, 2.45) is 23.2 Å². The predicted octanol–water partition coefficient (Wildman–Crippen LogP) is 3.46. The quantitative estimate of drug-likeness (QED) is 0.774.